The Bertz CT molecular complexity index is 682. The van der Waals surface area contributed by atoms with Crippen LogP contribution in [-0.4, -0.2) is 15.1 Å². The Kier molecular flexibility index (Phi) is 3.60. The molecule has 100 valence electrons. The first-order chi connectivity index (χ1) is 9.81. The van der Waals surface area contributed by atoms with Gasteiger partial charge >= 0.3 is 0 Å². The van der Waals surface area contributed by atoms with E-state index in [4.69, 9.17) is 16.1 Å². The summed E-state index contributed by atoms with van der Waals surface area (Å²) in [4.78, 5) is 8.42. The molecule has 0 aliphatic heterocycles. The fourth-order valence-corrected chi connectivity index (χ4v) is 1.78. The molecule has 3 aromatic rings. The molecule has 2 aromatic heterocycles. The van der Waals surface area contributed by atoms with Gasteiger partial charge in [-0.15, -0.1) is 0 Å². The summed E-state index contributed by atoms with van der Waals surface area (Å²) in [7, 11) is 0. The number of hydrogen-bond donors (Lipinski definition) is 1. The maximum atomic E-state index is 5.79. The van der Waals surface area contributed by atoms with Gasteiger partial charge in [0.25, 0.3) is 0 Å². The molecule has 0 saturated heterocycles. The zero-order valence-corrected chi connectivity index (χ0v) is 11.2. The molecule has 0 amide bonds. The molecular weight excluding hydrogens is 276 g/mol. The maximum Gasteiger partial charge on any atom is 0.246 e. The second-order valence-corrected chi connectivity index (χ2v) is 4.53. The molecule has 5 nitrogen and oxygen atoms in total. The van der Waals surface area contributed by atoms with E-state index in [2.05, 4.69) is 20.4 Å². The van der Waals surface area contributed by atoms with Gasteiger partial charge in [0.1, 0.15) is 5.69 Å². The molecule has 1 N–H and O–H groups in total. The van der Waals surface area contributed by atoms with Crippen molar-refractivity contribution in [2.45, 2.75) is 6.54 Å². The molecule has 0 aliphatic rings. The highest BCUT2D eigenvalue weighted by Crippen LogP contribution is 2.16. The molecule has 2 heterocycles. The van der Waals surface area contributed by atoms with E-state index in [1.165, 1.54) is 0 Å². The number of nitrogens with zero attached hydrogens (tertiary/aromatic N) is 3. The van der Waals surface area contributed by atoms with Crippen LogP contribution in [-0.2, 0) is 6.54 Å². The van der Waals surface area contributed by atoms with Crippen molar-refractivity contribution in [1.82, 2.24) is 15.1 Å². The Hall–Kier alpha value is -2.40. The topological polar surface area (TPSA) is 63.8 Å². The third-order valence-corrected chi connectivity index (χ3v) is 2.87. The van der Waals surface area contributed by atoms with Crippen molar-refractivity contribution in [3.05, 3.63) is 59.6 Å². The second-order valence-electron chi connectivity index (χ2n) is 4.09. The van der Waals surface area contributed by atoms with Gasteiger partial charge in [0.05, 0.1) is 11.6 Å². The van der Waals surface area contributed by atoms with Crippen LogP contribution in [0.5, 0.6) is 0 Å². The van der Waals surface area contributed by atoms with Crippen molar-refractivity contribution < 1.29 is 4.52 Å². The van der Waals surface area contributed by atoms with Crippen LogP contribution in [0.15, 0.2) is 53.2 Å². The molecule has 0 spiro atoms. The number of halogens is 1. The van der Waals surface area contributed by atoms with E-state index < -0.39 is 0 Å². The minimum Gasteiger partial charge on any atom is -0.376 e. The molecular formula is C14H11ClN4O. The minimum atomic E-state index is 0.450. The van der Waals surface area contributed by atoms with Crippen LogP contribution in [0.2, 0.25) is 5.02 Å². The highest BCUT2D eigenvalue weighted by Gasteiger charge is 2.09. The van der Waals surface area contributed by atoms with Crippen LogP contribution in [0.1, 0.15) is 5.89 Å². The Morgan fingerprint density at radius 1 is 1.10 bits per heavy atom. The zero-order valence-electron chi connectivity index (χ0n) is 10.5. The smallest absolute Gasteiger partial charge is 0.246 e. The number of aromatic nitrogens is 3. The molecule has 0 radical (unpaired) electrons. The summed E-state index contributed by atoms with van der Waals surface area (Å²) in [6, 6.07) is 13.3. The van der Waals surface area contributed by atoms with Gasteiger partial charge in [-0.1, -0.05) is 35.0 Å². The Morgan fingerprint density at radius 3 is 2.70 bits per heavy atom. The summed E-state index contributed by atoms with van der Waals surface area (Å²) < 4.78 is 5.17. The normalized spacial score (nSPS) is 10.4. The molecule has 0 atom stereocenters. The number of benzene rings is 1. The fraction of sp³-hybridized carbons (Fsp3) is 0.0714. The number of anilines is 1. The average Bonchev–Trinajstić information content (AvgIpc) is 2.96. The Morgan fingerprint density at radius 2 is 1.95 bits per heavy atom. The highest BCUT2D eigenvalue weighted by atomic mass is 35.5. The lowest BCUT2D eigenvalue weighted by atomic mass is 10.3. The molecule has 3 rings (SSSR count). The summed E-state index contributed by atoms with van der Waals surface area (Å²) in [5.74, 6) is 0.951. The standard InChI is InChI=1S/C14H11ClN4O/c15-10-6-7-12(17-8-10)14-18-13(20-19-14)9-16-11-4-2-1-3-5-11/h1-8,16H,9H2. The van der Waals surface area contributed by atoms with E-state index in [9.17, 15) is 0 Å². The minimum absolute atomic E-state index is 0.450. The predicted molar refractivity (Wildman–Crippen MR) is 76.3 cm³/mol. The molecule has 0 unspecified atom stereocenters. The largest absolute Gasteiger partial charge is 0.376 e. The molecule has 20 heavy (non-hydrogen) atoms. The predicted octanol–water partition coefficient (Wildman–Crippen LogP) is 3.40. The lowest BCUT2D eigenvalue weighted by molar-refractivity contribution is 0.384. The van der Waals surface area contributed by atoms with Crippen LogP contribution in [0, 0.1) is 0 Å². The van der Waals surface area contributed by atoms with Crippen molar-refractivity contribution in [3.8, 4) is 11.5 Å². The number of rotatable bonds is 4. The first kappa shape index (κ1) is 12.6. The third-order valence-electron chi connectivity index (χ3n) is 2.64. The van der Waals surface area contributed by atoms with Crippen molar-refractivity contribution in [2.75, 3.05) is 5.32 Å². The van der Waals surface area contributed by atoms with E-state index in [1.807, 2.05) is 30.3 Å². The molecule has 1 aromatic carbocycles. The summed E-state index contributed by atoms with van der Waals surface area (Å²) in [6.07, 6.45) is 1.55. The number of hydrogen-bond acceptors (Lipinski definition) is 5. The summed E-state index contributed by atoms with van der Waals surface area (Å²) in [5, 5.41) is 7.67. The lowest BCUT2D eigenvalue weighted by Gasteiger charge is -2.01. The average molecular weight is 287 g/mol. The number of pyridine rings is 1. The van der Waals surface area contributed by atoms with Crippen LogP contribution in [0.3, 0.4) is 0 Å². The summed E-state index contributed by atoms with van der Waals surface area (Å²) in [5.41, 5.74) is 1.63. The molecule has 0 aliphatic carbocycles. The molecule has 0 fully saturated rings. The Labute approximate surface area is 120 Å². The van der Waals surface area contributed by atoms with Crippen LogP contribution >= 0.6 is 11.6 Å². The van der Waals surface area contributed by atoms with E-state index in [-0.39, 0.29) is 0 Å². The summed E-state index contributed by atoms with van der Waals surface area (Å²) in [6.45, 7) is 0.463. The Balaban J connectivity index is 1.69. The summed E-state index contributed by atoms with van der Waals surface area (Å²) >= 11 is 5.79. The molecule has 0 saturated carbocycles. The SMILES string of the molecule is Clc1ccc(-c2noc(CNc3ccccc3)n2)nc1. The first-order valence-electron chi connectivity index (χ1n) is 6.05. The van der Waals surface area contributed by atoms with Crippen LogP contribution < -0.4 is 5.32 Å². The van der Waals surface area contributed by atoms with Gasteiger partial charge in [-0.2, -0.15) is 4.98 Å². The van der Waals surface area contributed by atoms with E-state index >= 15 is 0 Å². The van der Waals surface area contributed by atoms with Gasteiger partial charge in [-0.05, 0) is 24.3 Å². The van der Waals surface area contributed by atoms with E-state index in [0.717, 1.165) is 5.69 Å². The van der Waals surface area contributed by atoms with Gasteiger partial charge in [-0.3, -0.25) is 4.98 Å². The van der Waals surface area contributed by atoms with Crippen molar-refractivity contribution in [2.24, 2.45) is 0 Å². The van der Waals surface area contributed by atoms with E-state index in [0.29, 0.717) is 29.0 Å². The molecule has 6 heteroatoms. The zero-order chi connectivity index (χ0) is 13.8. The quantitative estimate of drug-likeness (QED) is 0.796. The molecule has 0 bridgehead atoms. The van der Waals surface area contributed by atoms with Gasteiger partial charge < -0.3 is 9.84 Å². The highest BCUT2D eigenvalue weighted by molar-refractivity contribution is 6.30. The lowest BCUT2D eigenvalue weighted by Crippen LogP contribution is -1.99. The van der Waals surface area contributed by atoms with Crippen LogP contribution in [0.25, 0.3) is 11.5 Å². The van der Waals surface area contributed by atoms with E-state index in [1.54, 1.807) is 18.3 Å². The van der Waals surface area contributed by atoms with Gasteiger partial charge in [0.15, 0.2) is 0 Å². The fourth-order valence-electron chi connectivity index (χ4n) is 1.67. The van der Waals surface area contributed by atoms with Gasteiger partial charge in [0.2, 0.25) is 11.7 Å². The van der Waals surface area contributed by atoms with Gasteiger partial charge in [-0.25, -0.2) is 0 Å². The number of nitrogens with one attached hydrogen (secondary N) is 1. The first-order valence-corrected chi connectivity index (χ1v) is 6.42. The second kappa shape index (κ2) is 5.71. The monoisotopic (exact) mass is 286 g/mol. The number of para-hydroxylation sites is 1. The van der Waals surface area contributed by atoms with Crippen LogP contribution in [0.4, 0.5) is 5.69 Å². The van der Waals surface area contributed by atoms with Crippen molar-refractivity contribution in [3.63, 3.8) is 0 Å². The third kappa shape index (κ3) is 2.95. The van der Waals surface area contributed by atoms with Crippen molar-refractivity contribution in [1.29, 1.82) is 0 Å². The maximum absolute atomic E-state index is 5.79. The van der Waals surface area contributed by atoms with Gasteiger partial charge in [0, 0.05) is 11.9 Å². The van der Waals surface area contributed by atoms with Crippen molar-refractivity contribution >= 4 is 17.3 Å².